The highest BCUT2D eigenvalue weighted by molar-refractivity contribution is 5.76. The molecule has 0 spiro atoms. The van der Waals surface area contributed by atoms with Crippen molar-refractivity contribution in [1.29, 1.82) is 0 Å². The number of benzene rings is 2. The summed E-state index contributed by atoms with van der Waals surface area (Å²) < 4.78 is 17.1. The van der Waals surface area contributed by atoms with E-state index in [0.717, 1.165) is 35.3 Å². The van der Waals surface area contributed by atoms with E-state index in [9.17, 15) is 9.59 Å². The summed E-state index contributed by atoms with van der Waals surface area (Å²) in [5.74, 6) is 1.74. The summed E-state index contributed by atoms with van der Waals surface area (Å²) in [6.07, 6.45) is 1.59. The van der Waals surface area contributed by atoms with Gasteiger partial charge in [-0.3, -0.25) is 9.59 Å². The highest BCUT2D eigenvalue weighted by Crippen LogP contribution is 2.39. The Balaban J connectivity index is 1.50. The third-order valence-corrected chi connectivity index (χ3v) is 5.60. The molecule has 8 nitrogen and oxygen atoms in total. The molecule has 0 aliphatic heterocycles. The molecule has 1 atom stereocenters. The molecule has 166 valence electrons. The molecule has 32 heavy (non-hydrogen) atoms. The fraction of sp³-hybridized carbons (Fsp3) is 0.292. The first-order valence-corrected chi connectivity index (χ1v) is 10.3. The Hall–Kier alpha value is -3.81. The van der Waals surface area contributed by atoms with Gasteiger partial charge in [-0.2, -0.15) is 5.10 Å². The smallest absolute Gasteiger partial charge is 0.267 e. The van der Waals surface area contributed by atoms with Crippen LogP contribution in [0.5, 0.6) is 17.2 Å². The number of nitrogens with zero attached hydrogens (tertiary/aromatic N) is 2. The van der Waals surface area contributed by atoms with Gasteiger partial charge in [-0.15, -0.1) is 0 Å². The van der Waals surface area contributed by atoms with E-state index in [1.807, 2.05) is 36.4 Å². The molecular formula is C24H25N3O5. The van der Waals surface area contributed by atoms with Crippen LogP contribution in [0.25, 0.3) is 11.3 Å². The van der Waals surface area contributed by atoms with Gasteiger partial charge in [0.25, 0.3) is 5.56 Å². The number of hydrogen-bond donors (Lipinski definition) is 1. The number of carbonyl (C=O) groups is 1. The van der Waals surface area contributed by atoms with Crippen molar-refractivity contribution < 1.29 is 19.0 Å². The molecule has 1 amide bonds. The molecule has 8 heteroatoms. The first-order valence-electron chi connectivity index (χ1n) is 10.3. The zero-order valence-corrected chi connectivity index (χ0v) is 18.3. The van der Waals surface area contributed by atoms with Crippen molar-refractivity contribution in [2.75, 3.05) is 21.3 Å². The van der Waals surface area contributed by atoms with E-state index in [1.54, 1.807) is 27.4 Å². The minimum absolute atomic E-state index is 0.155. The molecule has 1 unspecified atom stereocenters. The van der Waals surface area contributed by atoms with E-state index in [4.69, 9.17) is 14.2 Å². The average molecular weight is 435 g/mol. The molecule has 2 aromatic carbocycles. The Morgan fingerprint density at radius 2 is 1.75 bits per heavy atom. The summed E-state index contributed by atoms with van der Waals surface area (Å²) in [5.41, 5.74) is 3.21. The van der Waals surface area contributed by atoms with E-state index in [-0.39, 0.29) is 24.1 Å². The van der Waals surface area contributed by atoms with Gasteiger partial charge in [-0.25, -0.2) is 4.68 Å². The van der Waals surface area contributed by atoms with Gasteiger partial charge in [-0.05, 0) is 66.4 Å². The van der Waals surface area contributed by atoms with Gasteiger partial charge < -0.3 is 19.5 Å². The molecule has 0 fully saturated rings. The maximum Gasteiger partial charge on any atom is 0.267 e. The fourth-order valence-corrected chi connectivity index (χ4v) is 3.94. The van der Waals surface area contributed by atoms with Gasteiger partial charge in [0.1, 0.15) is 12.3 Å². The predicted octanol–water partition coefficient (Wildman–Crippen LogP) is 2.74. The summed E-state index contributed by atoms with van der Waals surface area (Å²) in [6.45, 7) is -0.165. The molecule has 1 heterocycles. The molecule has 1 aliphatic carbocycles. The van der Waals surface area contributed by atoms with Crippen molar-refractivity contribution in [3.63, 3.8) is 0 Å². The maximum atomic E-state index is 12.8. The van der Waals surface area contributed by atoms with Gasteiger partial charge in [0.15, 0.2) is 11.5 Å². The van der Waals surface area contributed by atoms with E-state index in [2.05, 4.69) is 10.4 Å². The summed E-state index contributed by atoms with van der Waals surface area (Å²) in [5, 5.41) is 7.40. The number of aromatic nitrogens is 2. The fourth-order valence-electron chi connectivity index (χ4n) is 3.94. The maximum absolute atomic E-state index is 12.8. The Morgan fingerprint density at radius 3 is 2.44 bits per heavy atom. The molecule has 3 aromatic rings. The minimum Gasteiger partial charge on any atom is -0.497 e. The lowest BCUT2D eigenvalue weighted by atomic mass is 10.1. The quantitative estimate of drug-likeness (QED) is 0.614. The van der Waals surface area contributed by atoms with E-state index >= 15 is 0 Å². The lowest BCUT2D eigenvalue weighted by Crippen LogP contribution is -2.35. The van der Waals surface area contributed by atoms with Crippen LogP contribution in [0, 0.1) is 0 Å². The summed E-state index contributed by atoms with van der Waals surface area (Å²) in [7, 11) is 4.78. The summed E-state index contributed by atoms with van der Waals surface area (Å²) >= 11 is 0. The number of ether oxygens (including phenoxy) is 3. The van der Waals surface area contributed by atoms with Crippen LogP contribution in [0.2, 0.25) is 0 Å². The molecule has 1 aliphatic rings. The number of hydrogen-bond acceptors (Lipinski definition) is 6. The van der Waals surface area contributed by atoms with Gasteiger partial charge in [0, 0.05) is 11.6 Å². The number of aryl methyl sites for hydroxylation is 1. The first-order chi connectivity index (χ1) is 15.5. The van der Waals surface area contributed by atoms with Crippen LogP contribution >= 0.6 is 0 Å². The first kappa shape index (κ1) is 21.4. The van der Waals surface area contributed by atoms with Crippen molar-refractivity contribution >= 4 is 5.91 Å². The molecule has 0 saturated heterocycles. The number of rotatable bonds is 7. The van der Waals surface area contributed by atoms with Crippen LogP contribution in [0.15, 0.2) is 53.3 Å². The standard InChI is InChI=1S/C24H25N3O5/c1-30-17-7-4-15(5-8-17)19-10-11-24(29)27(26-19)14-23(28)25-20-9-6-16-12-21(31-2)22(32-3)13-18(16)20/h4-5,7-8,10-13,20H,6,9,14H2,1-3H3,(H,25,28). The van der Waals surface area contributed by atoms with Crippen LogP contribution in [-0.2, 0) is 17.8 Å². The normalized spacial score (nSPS) is 14.5. The SMILES string of the molecule is COc1ccc(-c2ccc(=O)n(CC(=O)NC3CCc4cc(OC)c(OC)cc43)n2)cc1. The van der Waals surface area contributed by atoms with Crippen LogP contribution in [-0.4, -0.2) is 37.0 Å². The molecule has 0 radical (unpaired) electrons. The number of fused-ring (bicyclic) bond motifs is 1. The van der Waals surface area contributed by atoms with Crippen LogP contribution in [0.3, 0.4) is 0 Å². The highest BCUT2D eigenvalue weighted by atomic mass is 16.5. The van der Waals surface area contributed by atoms with Gasteiger partial charge in [0.2, 0.25) is 5.91 Å². The largest absolute Gasteiger partial charge is 0.497 e. The third kappa shape index (κ3) is 4.30. The van der Waals surface area contributed by atoms with Crippen molar-refractivity contribution in [1.82, 2.24) is 15.1 Å². The lowest BCUT2D eigenvalue weighted by Gasteiger charge is -2.16. The zero-order valence-electron chi connectivity index (χ0n) is 18.3. The van der Waals surface area contributed by atoms with Crippen LogP contribution in [0.4, 0.5) is 0 Å². The summed E-state index contributed by atoms with van der Waals surface area (Å²) in [4.78, 5) is 25.1. The Kier molecular flexibility index (Phi) is 6.11. The zero-order chi connectivity index (χ0) is 22.7. The second-order valence-corrected chi connectivity index (χ2v) is 7.51. The monoisotopic (exact) mass is 435 g/mol. The second-order valence-electron chi connectivity index (χ2n) is 7.51. The van der Waals surface area contributed by atoms with E-state index < -0.39 is 0 Å². The Morgan fingerprint density at radius 1 is 1.03 bits per heavy atom. The lowest BCUT2D eigenvalue weighted by molar-refractivity contribution is -0.122. The van der Waals surface area contributed by atoms with Gasteiger partial charge in [0.05, 0.1) is 33.1 Å². The topological polar surface area (TPSA) is 91.7 Å². The molecule has 0 saturated carbocycles. The Bertz CT molecular complexity index is 1190. The van der Waals surface area contributed by atoms with Crippen LogP contribution < -0.4 is 25.1 Å². The highest BCUT2D eigenvalue weighted by Gasteiger charge is 2.26. The molecule has 1 aromatic heterocycles. The number of nitrogens with one attached hydrogen (secondary N) is 1. The van der Waals surface area contributed by atoms with Crippen molar-refractivity contribution in [2.24, 2.45) is 0 Å². The van der Waals surface area contributed by atoms with Crippen LogP contribution in [0.1, 0.15) is 23.6 Å². The molecule has 0 bridgehead atoms. The van der Waals surface area contributed by atoms with Gasteiger partial charge in [-0.1, -0.05) is 0 Å². The number of carbonyl (C=O) groups excluding carboxylic acids is 1. The Labute approximate surface area is 185 Å². The van der Waals surface area contributed by atoms with Gasteiger partial charge >= 0.3 is 0 Å². The summed E-state index contributed by atoms with van der Waals surface area (Å²) in [6, 6.07) is 14.1. The third-order valence-electron chi connectivity index (χ3n) is 5.60. The van der Waals surface area contributed by atoms with Crippen molar-refractivity contribution in [2.45, 2.75) is 25.4 Å². The number of amides is 1. The molecular weight excluding hydrogens is 410 g/mol. The van der Waals surface area contributed by atoms with E-state index in [0.29, 0.717) is 17.2 Å². The molecule has 1 N–H and O–H groups in total. The second kappa shape index (κ2) is 9.13. The minimum atomic E-state index is -0.337. The average Bonchev–Trinajstić information content (AvgIpc) is 3.20. The van der Waals surface area contributed by atoms with E-state index in [1.165, 1.54) is 10.7 Å². The van der Waals surface area contributed by atoms with Crippen molar-refractivity contribution in [3.8, 4) is 28.5 Å². The molecule has 4 rings (SSSR count). The predicted molar refractivity (Wildman–Crippen MR) is 119 cm³/mol. The van der Waals surface area contributed by atoms with Crippen molar-refractivity contribution in [3.05, 3.63) is 70.0 Å². The number of methoxy groups -OCH3 is 3.